The highest BCUT2D eigenvalue weighted by atomic mass is 32.2. The van der Waals surface area contributed by atoms with Crippen LogP contribution in [0.15, 0.2) is 57.4 Å². The first-order valence-electron chi connectivity index (χ1n) is 8.45. The standard InChI is InChI=1S/C18H18N4O5S2/c1-11(17(24)21-18-20-15(10-28-18)16-4-3-9-27-16)22-29(25,26)14-7-5-13(6-8-14)19-12(2)23/h3-11,22H,1-2H3,(H,19,23)(H,20,21,24)/t11-/m0/s1. The fourth-order valence-corrected chi connectivity index (χ4v) is 4.26. The molecule has 3 rings (SSSR count). The highest BCUT2D eigenvalue weighted by Crippen LogP contribution is 2.25. The second-order valence-electron chi connectivity index (χ2n) is 6.05. The van der Waals surface area contributed by atoms with Crippen molar-refractivity contribution >= 4 is 44.0 Å². The summed E-state index contributed by atoms with van der Waals surface area (Å²) in [4.78, 5) is 27.6. The number of carbonyl (C=O) groups is 2. The van der Waals surface area contributed by atoms with E-state index >= 15 is 0 Å². The highest BCUT2D eigenvalue weighted by molar-refractivity contribution is 7.89. The quantitative estimate of drug-likeness (QED) is 0.524. The summed E-state index contributed by atoms with van der Waals surface area (Å²) in [6.45, 7) is 2.78. The fraction of sp³-hybridized carbons (Fsp3) is 0.167. The van der Waals surface area contributed by atoms with Gasteiger partial charge in [-0.25, -0.2) is 13.4 Å². The Balaban J connectivity index is 1.63. The molecule has 3 N–H and O–H groups in total. The van der Waals surface area contributed by atoms with Gasteiger partial charge in [-0.1, -0.05) is 0 Å². The molecule has 0 aliphatic heterocycles. The van der Waals surface area contributed by atoms with Crippen molar-refractivity contribution in [3.63, 3.8) is 0 Å². The van der Waals surface area contributed by atoms with E-state index in [9.17, 15) is 18.0 Å². The number of benzene rings is 1. The van der Waals surface area contributed by atoms with Gasteiger partial charge in [0.05, 0.1) is 17.2 Å². The first-order valence-corrected chi connectivity index (χ1v) is 10.8. The molecule has 2 amide bonds. The molecule has 0 radical (unpaired) electrons. The number of carbonyl (C=O) groups excluding carboxylic acids is 2. The number of thiazole rings is 1. The van der Waals surface area contributed by atoms with Gasteiger partial charge in [0.15, 0.2) is 10.9 Å². The second-order valence-corrected chi connectivity index (χ2v) is 8.63. The minimum Gasteiger partial charge on any atom is -0.463 e. The smallest absolute Gasteiger partial charge is 0.244 e. The second kappa shape index (κ2) is 8.55. The number of nitrogens with one attached hydrogen (secondary N) is 3. The van der Waals surface area contributed by atoms with E-state index in [0.29, 0.717) is 22.3 Å². The number of hydrogen-bond acceptors (Lipinski definition) is 7. The van der Waals surface area contributed by atoms with Crippen LogP contribution in [0, 0.1) is 0 Å². The molecule has 0 saturated heterocycles. The average Bonchev–Trinajstić information content (AvgIpc) is 3.32. The van der Waals surface area contributed by atoms with Crippen LogP contribution in [0.25, 0.3) is 11.5 Å². The van der Waals surface area contributed by atoms with Gasteiger partial charge in [-0.2, -0.15) is 4.72 Å². The molecule has 1 aromatic carbocycles. The Morgan fingerprint density at radius 3 is 2.48 bits per heavy atom. The monoisotopic (exact) mass is 434 g/mol. The van der Waals surface area contributed by atoms with E-state index in [4.69, 9.17) is 4.42 Å². The molecule has 0 saturated carbocycles. The Morgan fingerprint density at radius 1 is 1.14 bits per heavy atom. The molecule has 1 atom stereocenters. The summed E-state index contributed by atoms with van der Waals surface area (Å²) < 4.78 is 32.5. The Kier molecular flexibility index (Phi) is 6.11. The molecule has 0 aliphatic carbocycles. The zero-order chi connectivity index (χ0) is 21.0. The molecule has 9 nitrogen and oxygen atoms in total. The minimum atomic E-state index is -3.93. The summed E-state index contributed by atoms with van der Waals surface area (Å²) in [5.41, 5.74) is 1.04. The maximum absolute atomic E-state index is 12.5. The van der Waals surface area contributed by atoms with Crippen molar-refractivity contribution in [2.75, 3.05) is 10.6 Å². The summed E-state index contributed by atoms with van der Waals surface area (Å²) in [5.74, 6) is -0.247. The third kappa shape index (κ3) is 5.28. The molecule has 0 bridgehead atoms. The van der Waals surface area contributed by atoms with E-state index in [1.165, 1.54) is 55.7 Å². The van der Waals surface area contributed by atoms with Crippen LogP contribution >= 0.6 is 11.3 Å². The van der Waals surface area contributed by atoms with Crippen LogP contribution in [0.4, 0.5) is 10.8 Å². The lowest BCUT2D eigenvalue weighted by atomic mass is 10.3. The Hall–Kier alpha value is -3.02. The van der Waals surface area contributed by atoms with E-state index in [1.54, 1.807) is 17.5 Å². The number of aromatic nitrogens is 1. The predicted octanol–water partition coefficient (Wildman–Crippen LogP) is 2.67. The van der Waals surface area contributed by atoms with Crippen molar-refractivity contribution in [2.45, 2.75) is 24.8 Å². The van der Waals surface area contributed by atoms with Gasteiger partial charge in [0, 0.05) is 18.0 Å². The van der Waals surface area contributed by atoms with Gasteiger partial charge in [-0.15, -0.1) is 11.3 Å². The SMILES string of the molecule is CC(=O)Nc1ccc(S(=O)(=O)N[C@@H](C)C(=O)Nc2nc(-c3ccco3)cs2)cc1. The van der Waals surface area contributed by atoms with E-state index in [1.807, 2.05) is 0 Å². The maximum Gasteiger partial charge on any atom is 0.244 e. The molecule has 152 valence electrons. The van der Waals surface area contributed by atoms with Gasteiger partial charge in [0.25, 0.3) is 0 Å². The fourth-order valence-electron chi connectivity index (χ4n) is 2.36. The van der Waals surface area contributed by atoms with E-state index in [-0.39, 0.29) is 10.8 Å². The van der Waals surface area contributed by atoms with Gasteiger partial charge >= 0.3 is 0 Å². The first-order chi connectivity index (χ1) is 13.7. The molecule has 0 fully saturated rings. The molecular formula is C18H18N4O5S2. The number of amides is 2. The minimum absolute atomic E-state index is 0.0272. The van der Waals surface area contributed by atoms with Gasteiger partial charge in [0.2, 0.25) is 21.8 Å². The zero-order valence-electron chi connectivity index (χ0n) is 15.5. The lowest BCUT2D eigenvalue weighted by Gasteiger charge is -2.13. The number of anilines is 2. The van der Waals surface area contributed by atoms with Gasteiger partial charge < -0.3 is 15.1 Å². The number of sulfonamides is 1. The van der Waals surface area contributed by atoms with Gasteiger partial charge in [-0.3, -0.25) is 9.59 Å². The molecular weight excluding hydrogens is 416 g/mol. The van der Waals surface area contributed by atoms with E-state index < -0.39 is 22.0 Å². The number of nitrogens with zero attached hydrogens (tertiary/aromatic N) is 1. The normalized spacial score (nSPS) is 12.3. The average molecular weight is 434 g/mol. The van der Waals surface area contributed by atoms with Crippen molar-refractivity contribution in [2.24, 2.45) is 0 Å². The number of rotatable bonds is 7. The van der Waals surface area contributed by atoms with Crippen molar-refractivity contribution in [3.8, 4) is 11.5 Å². The third-order valence-electron chi connectivity index (χ3n) is 3.72. The van der Waals surface area contributed by atoms with Crippen molar-refractivity contribution < 1.29 is 22.4 Å². The molecule has 2 heterocycles. The third-order valence-corrected chi connectivity index (χ3v) is 6.03. The molecule has 2 aromatic heterocycles. The predicted molar refractivity (Wildman–Crippen MR) is 109 cm³/mol. The van der Waals surface area contributed by atoms with Crippen molar-refractivity contribution in [3.05, 3.63) is 48.0 Å². The summed E-state index contributed by atoms with van der Waals surface area (Å²) >= 11 is 1.20. The van der Waals surface area contributed by atoms with Crippen LogP contribution < -0.4 is 15.4 Å². The topological polar surface area (TPSA) is 130 Å². The van der Waals surface area contributed by atoms with Crippen molar-refractivity contribution in [1.29, 1.82) is 0 Å². The van der Waals surface area contributed by atoms with Gasteiger partial charge in [-0.05, 0) is 43.3 Å². The lowest BCUT2D eigenvalue weighted by molar-refractivity contribution is -0.117. The van der Waals surface area contributed by atoms with Gasteiger partial charge in [0.1, 0.15) is 5.69 Å². The van der Waals surface area contributed by atoms with Crippen LogP contribution in [0.3, 0.4) is 0 Å². The molecule has 0 aliphatic rings. The number of hydrogen-bond donors (Lipinski definition) is 3. The lowest BCUT2D eigenvalue weighted by Crippen LogP contribution is -2.41. The van der Waals surface area contributed by atoms with E-state index in [2.05, 4.69) is 20.3 Å². The zero-order valence-corrected chi connectivity index (χ0v) is 17.1. The number of furan rings is 1. The maximum atomic E-state index is 12.5. The van der Waals surface area contributed by atoms with Crippen LogP contribution in [0.5, 0.6) is 0 Å². The highest BCUT2D eigenvalue weighted by Gasteiger charge is 2.23. The van der Waals surface area contributed by atoms with Crippen LogP contribution in [0.2, 0.25) is 0 Å². The Morgan fingerprint density at radius 2 is 1.86 bits per heavy atom. The molecule has 0 unspecified atom stereocenters. The summed E-state index contributed by atoms with van der Waals surface area (Å²) in [6, 6.07) is 8.05. The largest absolute Gasteiger partial charge is 0.463 e. The molecule has 11 heteroatoms. The van der Waals surface area contributed by atoms with E-state index in [0.717, 1.165) is 0 Å². The molecule has 3 aromatic rings. The van der Waals surface area contributed by atoms with Crippen LogP contribution in [0.1, 0.15) is 13.8 Å². The molecule has 0 spiro atoms. The van der Waals surface area contributed by atoms with Crippen molar-refractivity contribution in [1.82, 2.24) is 9.71 Å². The molecule has 29 heavy (non-hydrogen) atoms. The summed E-state index contributed by atoms with van der Waals surface area (Å²) in [7, 11) is -3.93. The van der Waals surface area contributed by atoms with Crippen LogP contribution in [-0.2, 0) is 19.6 Å². The summed E-state index contributed by atoms with van der Waals surface area (Å²) in [6.07, 6.45) is 1.52. The summed E-state index contributed by atoms with van der Waals surface area (Å²) in [5, 5.41) is 7.18. The first kappa shape index (κ1) is 20.7. The Labute approximate surface area is 171 Å². The van der Waals surface area contributed by atoms with Crippen LogP contribution in [-0.4, -0.2) is 31.3 Å². The Bertz CT molecular complexity index is 1110.